The lowest BCUT2D eigenvalue weighted by Gasteiger charge is -2.15. The van der Waals surface area contributed by atoms with Crippen LogP contribution in [0.1, 0.15) is 35.4 Å². The number of benzene rings is 1. The molecule has 0 bridgehead atoms. The Morgan fingerprint density at radius 3 is 2.74 bits per heavy atom. The van der Waals surface area contributed by atoms with Gasteiger partial charge in [0.2, 0.25) is 5.96 Å². The van der Waals surface area contributed by atoms with E-state index < -0.39 is 0 Å². The van der Waals surface area contributed by atoms with E-state index in [1.807, 2.05) is 13.0 Å². The van der Waals surface area contributed by atoms with Crippen LogP contribution >= 0.6 is 0 Å². The van der Waals surface area contributed by atoms with Crippen LogP contribution in [0.3, 0.4) is 0 Å². The maximum absolute atomic E-state index is 5.38. The minimum absolute atomic E-state index is 0.0151. The number of hydrogen-bond acceptors (Lipinski definition) is 3. The second kappa shape index (κ2) is 6.64. The molecule has 1 aliphatic rings. The predicted octanol–water partition coefficient (Wildman–Crippen LogP) is 1.75. The largest absolute Gasteiger partial charge is 0.369 e. The number of rotatable bonds is 4. The van der Waals surface area contributed by atoms with Crippen molar-refractivity contribution >= 4 is 11.7 Å². The Bertz CT molecular complexity index is 738. The summed E-state index contributed by atoms with van der Waals surface area (Å²) in [5.74, 6) is -0.0151. The summed E-state index contributed by atoms with van der Waals surface area (Å²) in [6.07, 6.45) is 3.91. The molecule has 23 heavy (non-hydrogen) atoms. The van der Waals surface area contributed by atoms with E-state index >= 15 is 0 Å². The zero-order valence-electron chi connectivity index (χ0n) is 13.4. The molecule has 0 radical (unpaired) electrons. The molecule has 0 aliphatic heterocycles. The van der Waals surface area contributed by atoms with Gasteiger partial charge in [-0.15, -0.1) is 5.10 Å². The van der Waals surface area contributed by atoms with Crippen LogP contribution in [0.5, 0.6) is 0 Å². The summed E-state index contributed by atoms with van der Waals surface area (Å²) in [6, 6.07) is 10.5. The molecule has 2 aromatic rings. The highest BCUT2D eigenvalue weighted by Gasteiger charge is 2.23. The fraction of sp³-hybridized carbons (Fsp3) is 0.353. The van der Waals surface area contributed by atoms with Gasteiger partial charge in [0, 0.05) is 17.8 Å². The zero-order chi connectivity index (χ0) is 16.2. The SMILES string of the molecule is Cc1nn(CCc2ccccc2)c2c1C(=NN=C(N)N)CCC2. The second-order valence-electron chi connectivity index (χ2n) is 5.79. The summed E-state index contributed by atoms with van der Waals surface area (Å²) < 4.78 is 2.11. The Labute approximate surface area is 135 Å². The molecule has 3 rings (SSSR count). The molecule has 0 saturated heterocycles. The van der Waals surface area contributed by atoms with Gasteiger partial charge in [0.25, 0.3) is 0 Å². The average molecular weight is 310 g/mol. The Morgan fingerprint density at radius 2 is 2.00 bits per heavy atom. The van der Waals surface area contributed by atoms with Crippen LogP contribution in [-0.4, -0.2) is 21.5 Å². The smallest absolute Gasteiger partial charge is 0.211 e. The van der Waals surface area contributed by atoms with Gasteiger partial charge >= 0.3 is 0 Å². The van der Waals surface area contributed by atoms with Crippen LogP contribution in [0.4, 0.5) is 0 Å². The molecule has 0 amide bonds. The quantitative estimate of drug-likeness (QED) is 0.511. The topological polar surface area (TPSA) is 94.6 Å². The van der Waals surface area contributed by atoms with Gasteiger partial charge in [-0.05, 0) is 38.2 Å². The van der Waals surface area contributed by atoms with Gasteiger partial charge in [0.05, 0.1) is 11.4 Å². The van der Waals surface area contributed by atoms with Gasteiger partial charge in [0.1, 0.15) is 0 Å². The number of aryl methyl sites for hydroxylation is 3. The third-order valence-electron chi connectivity index (χ3n) is 4.09. The maximum Gasteiger partial charge on any atom is 0.211 e. The molecule has 4 N–H and O–H groups in total. The molecule has 120 valence electrons. The third kappa shape index (κ3) is 3.41. The molecule has 0 saturated carbocycles. The minimum atomic E-state index is -0.0151. The number of guanidine groups is 1. The van der Waals surface area contributed by atoms with E-state index in [1.54, 1.807) is 0 Å². The van der Waals surface area contributed by atoms with Gasteiger partial charge in [0.15, 0.2) is 0 Å². The standard InChI is InChI=1S/C17H22N6/c1-12-16-14(20-21-17(18)19)8-5-9-15(16)23(22-12)11-10-13-6-3-2-4-7-13/h2-4,6-7H,5,8-11H2,1H3,(H4,18,19,21). The molecule has 6 heteroatoms. The van der Waals surface area contributed by atoms with Crippen LogP contribution in [0.25, 0.3) is 0 Å². The molecule has 1 aromatic carbocycles. The van der Waals surface area contributed by atoms with Crippen LogP contribution in [-0.2, 0) is 19.4 Å². The molecular weight excluding hydrogens is 288 g/mol. The van der Waals surface area contributed by atoms with E-state index in [0.717, 1.165) is 49.2 Å². The first-order chi connectivity index (χ1) is 11.1. The molecule has 1 aromatic heterocycles. The third-order valence-corrected chi connectivity index (χ3v) is 4.09. The van der Waals surface area contributed by atoms with Crippen molar-refractivity contribution in [2.45, 2.75) is 39.2 Å². The van der Waals surface area contributed by atoms with Crippen molar-refractivity contribution in [1.29, 1.82) is 0 Å². The van der Waals surface area contributed by atoms with E-state index in [9.17, 15) is 0 Å². The fourth-order valence-electron chi connectivity index (χ4n) is 3.09. The summed E-state index contributed by atoms with van der Waals surface area (Å²) in [6.45, 7) is 2.89. The maximum atomic E-state index is 5.38. The normalized spacial score (nSPS) is 15.4. The van der Waals surface area contributed by atoms with E-state index in [-0.39, 0.29) is 5.96 Å². The molecule has 0 fully saturated rings. The Morgan fingerprint density at radius 1 is 1.22 bits per heavy atom. The van der Waals surface area contributed by atoms with Gasteiger partial charge < -0.3 is 11.5 Å². The van der Waals surface area contributed by atoms with Crippen LogP contribution < -0.4 is 11.5 Å². The lowest BCUT2D eigenvalue weighted by molar-refractivity contribution is 0.572. The molecule has 1 heterocycles. The Balaban J connectivity index is 1.86. The van der Waals surface area contributed by atoms with Crippen molar-refractivity contribution < 1.29 is 0 Å². The summed E-state index contributed by atoms with van der Waals surface area (Å²) in [5.41, 5.74) is 16.4. The van der Waals surface area contributed by atoms with Gasteiger partial charge in [-0.2, -0.15) is 10.2 Å². The van der Waals surface area contributed by atoms with E-state index in [0.29, 0.717) is 0 Å². The zero-order valence-corrected chi connectivity index (χ0v) is 13.4. The second-order valence-corrected chi connectivity index (χ2v) is 5.79. The van der Waals surface area contributed by atoms with Crippen molar-refractivity contribution in [3.63, 3.8) is 0 Å². The van der Waals surface area contributed by atoms with E-state index in [2.05, 4.69) is 39.2 Å². The average Bonchev–Trinajstić information content (AvgIpc) is 2.89. The summed E-state index contributed by atoms with van der Waals surface area (Å²) in [5, 5.41) is 12.7. The molecule has 0 spiro atoms. The van der Waals surface area contributed by atoms with Crippen LogP contribution in [0, 0.1) is 6.92 Å². The van der Waals surface area contributed by atoms with Crippen molar-refractivity contribution in [3.8, 4) is 0 Å². The number of fused-ring (bicyclic) bond motifs is 1. The summed E-state index contributed by atoms with van der Waals surface area (Å²) >= 11 is 0. The van der Waals surface area contributed by atoms with Gasteiger partial charge in [-0.25, -0.2) is 0 Å². The predicted molar refractivity (Wildman–Crippen MR) is 92.4 cm³/mol. The lowest BCUT2D eigenvalue weighted by atomic mass is 9.94. The molecule has 6 nitrogen and oxygen atoms in total. The number of nitrogens with zero attached hydrogens (tertiary/aromatic N) is 4. The molecular formula is C17H22N6. The lowest BCUT2D eigenvalue weighted by Crippen LogP contribution is -2.22. The first-order valence-electron chi connectivity index (χ1n) is 7.91. The highest BCUT2D eigenvalue weighted by molar-refractivity contribution is 6.03. The van der Waals surface area contributed by atoms with Gasteiger partial charge in [-0.3, -0.25) is 4.68 Å². The van der Waals surface area contributed by atoms with Crippen molar-refractivity contribution in [1.82, 2.24) is 9.78 Å². The molecule has 1 aliphatic carbocycles. The van der Waals surface area contributed by atoms with Crippen LogP contribution in [0.2, 0.25) is 0 Å². The first kappa shape index (κ1) is 15.3. The highest BCUT2D eigenvalue weighted by atomic mass is 15.3. The fourth-order valence-corrected chi connectivity index (χ4v) is 3.09. The Kier molecular flexibility index (Phi) is 4.41. The van der Waals surface area contributed by atoms with Crippen molar-refractivity contribution in [2.24, 2.45) is 21.7 Å². The first-order valence-corrected chi connectivity index (χ1v) is 7.91. The van der Waals surface area contributed by atoms with E-state index in [4.69, 9.17) is 16.6 Å². The molecule has 0 atom stereocenters. The highest BCUT2D eigenvalue weighted by Crippen LogP contribution is 2.25. The molecule has 0 unspecified atom stereocenters. The van der Waals surface area contributed by atoms with Crippen molar-refractivity contribution in [2.75, 3.05) is 0 Å². The summed E-state index contributed by atoms with van der Waals surface area (Å²) in [4.78, 5) is 0. The Hall–Kier alpha value is -2.63. The van der Waals surface area contributed by atoms with Crippen molar-refractivity contribution in [3.05, 3.63) is 52.8 Å². The number of aromatic nitrogens is 2. The van der Waals surface area contributed by atoms with Crippen LogP contribution in [0.15, 0.2) is 40.5 Å². The minimum Gasteiger partial charge on any atom is -0.369 e. The van der Waals surface area contributed by atoms with E-state index in [1.165, 1.54) is 11.3 Å². The van der Waals surface area contributed by atoms with Gasteiger partial charge in [-0.1, -0.05) is 30.3 Å². The monoisotopic (exact) mass is 310 g/mol. The number of nitrogens with two attached hydrogens (primary N) is 2. The number of hydrogen-bond donors (Lipinski definition) is 2. The summed E-state index contributed by atoms with van der Waals surface area (Å²) in [7, 11) is 0.